The lowest BCUT2D eigenvalue weighted by atomic mass is 10.1. The Bertz CT molecular complexity index is 802. The van der Waals surface area contributed by atoms with Gasteiger partial charge in [0.25, 0.3) is 11.1 Å². The molecule has 0 saturated carbocycles. The van der Waals surface area contributed by atoms with Crippen molar-refractivity contribution in [2.45, 2.75) is 5.22 Å². The molecule has 0 unspecified atom stereocenters. The third-order valence-electron chi connectivity index (χ3n) is 2.71. The van der Waals surface area contributed by atoms with Crippen molar-refractivity contribution in [2.75, 3.05) is 5.75 Å². The Balaban J connectivity index is 1.65. The fourth-order valence-corrected chi connectivity index (χ4v) is 2.60. The average Bonchev–Trinajstić information content (AvgIpc) is 3.18. The van der Waals surface area contributed by atoms with Gasteiger partial charge in [-0.2, -0.15) is 0 Å². The molecule has 0 saturated heterocycles. The lowest BCUT2D eigenvalue weighted by Crippen LogP contribution is -2.02. The number of carbonyl (C=O) groups excluding carboxylic acids is 1. The zero-order valence-corrected chi connectivity index (χ0v) is 13.3. The Labute approximate surface area is 139 Å². The molecule has 2 aromatic heterocycles. The van der Waals surface area contributed by atoms with E-state index < -0.39 is 0 Å². The Hall–Kier alpha value is -1.76. The molecule has 8 heteroatoms. The van der Waals surface area contributed by atoms with Gasteiger partial charge in [-0.15, -0.1) is 10.2 Å². The highest BCUT2D eigenvalue weighted by Gasteiger charge is 2.14. The highest BCUT2D eigenvalue weighted by Crippen LogP contribution is 2.26. The van der Waals surface area contributed by atoms with Crippen LogP contribution >= 0.6 is 35.0 Å². The van der Waals surface area contributed by atoms with Gasteiger partial charge in [0.1, 0.15) is 0 Å². The van der Waals surface area contributed by atoms with E-state index in [0.29, 0.717) is 26.6 Å². The van der Waals surface area contributed by atoms with E-state index in [9.17, 15) is 4.79 Å². The molecule has 0 atom stereocenters. The summed E-state index contributed by atoms with van der Waals surface area (Å²) in [4.78, 5) is 12.1. The zero-order valence-electron chi connectivity index (χ0n) is 11.0. The van der Waals surface area contributed by atoms with Crippen molar-refractivity contribution in [2.24, 2.45) is 0 Å². The molecule has 5 nitrogen and oxygen atoms in total. The number of benzene rings is 1. The third kappa shape index (κ3) is 3.35. The Kier molecular flexibility index (Phi) is 4.52. The van der Waals surface area contributed by atoms with E-state index in [2.05, 4.69) is 10.2 Å². The number of halogens is 2. The van der Waals surface area contributed by atoms with Crippen LogP contribution in [0.1, 0.15) is 10.4 Å². The monoisotopic (exact) mass is 354 g/mol. The Morgan fingerprint density at radius 1 is 1.18 bits per heavy atom. The first-order valence-electron chi connectivity index (χ1n) is 6.12. The number of aromatic nitrogens is 2. The molecule has 0 radical (unpaired) electrons. The maximum absolute atomic E-state index is 12.1. The van der Waals surface area contributed by atoms with Crippen molar-refractivity contribution < 1.29 is 13.6 Å². The van der Waals surface area contributed by atoms with Crippen LogP contribution in [0.4, 0.5) is 0 Å². The van der Waals surface area contributed by atoms with Crippen molar-refractivity contribution in [3.05, 3.63) is 52.2 Å². The lowest BCUT2D eigenvalue weighted by molar-refractivity contribution is 0.102. The van der Waals surface area contributed by atoms with Crippen LogP contribution in [-0.4, -0.2) is 21.7 Å². The summed E-state index contributed by atoms with van der Waals surface area (Å²) in [7, 11) is 0. The largest absolute Gasteiger partial charge is 0.459 e. The molecule has 3 aromatic rings. The maximum Gasteiger partial charge on any atom is 0.284 e. The van der Waals surface area contributed by atoms with Gasteiger partial charge in [-0.1, -0.05) is 35.0 Å². The second-order valence-corrected chi connectivity index (χ2v) is 5.93. The van der Waals surface area contributed by atoms with Crippen molar-refractivity contribution >= 4 is 40.7 Å². The molecule has 2 heterocycles. The first-order valence-corrected chi connectivity index (χ1v) is 7.86. The normalized spacial score (nSPS) is 10.8. The molecule has 3 rings (SSSR count). The average molecular weight is 355 g/mol. The molecular formula is C14H8Cl2N2O3S. The quantitative estimate of drug-likeness (QED) is 0.492. The van der Waals surface area contributed by atoms with Gasteiger partial charge < -0.3 is 8.83 Å². The van der Waals surface area contributed by atoms with Crippen molar-refractivity contribution in [1.82, 2.24) is 10.2 Å². The Morgan fingerprint density at radius 2 is 2.05 bits per heavy atom. The lowest BCUT2D eigenvalue weighted by Gasteiger charge is -2.01. The van der Waals surface area contributed by atoms with E-state index in [1.54, 1.807) is 24.3 Å². The number of furan rings is 1. The molecule has 112 valence electrons. The number of Topliss-reactive ketones (excluding diaryl/α,β-unsaturated/α-hetero) is 1. The molecule has 0 N–H and O–H groups in total. The summed E-state index contributed by atoms with van der Waals surface area (Å²) >= 11 is 12.9. The molecule has 1 aromatic carbocycles. The summed E-state index contributed by atoms with van der Waals surface area (Å²) in [6.07, 6.45) is 1.51. The van der Waals surface area contributed by atoms with Crippen LogP contribution in [-0.2, 0) is 0 Å². The van der Waals surface area contributed by atoms with Gasteiger partial charge in [0.15, 0.2) is 11.5 Å². The van der Waals surface area contributed by atoms with E-state index in [1.807, 2.05) is 0 Å². The number of thioether (sulfide) groups is 1. The minimum Gasteiger partial charge on any atom is -0.459 e. The van der Waals surface area contributed by atoms with Gasteiger partial charge in [0.05, 0.1) is 22.1 Å². The van der Waals surface area contributed by atoms with Gasteiger partial charge in [-0.05, 0) is 30.3 Å². The summed E-state index contributed by atoms with van der Waals surface area (Å²) in [6, 6.07) is 8.18. The molecule has 0 bridgehead atoms. The molecule has 0 aliphatic carbocycles. The molecule has 0 fully saturated rings. The fourth-order valence-electron chi connectivity index (χ4n) is 1.65. The summed E-state index contributed by atoms with van der Waals surface area (Å²) < 4.78 is 10.6. The summed E-state index contributed by atoms with van der Waals surface area (Å²) in [5.41, 5.74) is 0.479. The fraction of sp³-hybridized carbons (Fsp3) is 0.0714. The first kappa shape index (κ1) is 15.1. The van der Waals surface area contributed by atoms with Gasteiger partial charge in [0.2, 0.25) is 0 Å². The van der Waals surface area contributed by atoms with Crippen LogP contribution in [0.5, 0.6) is 0 Å². The van der Waals surface area contributed by atoms with Crippen molar-refractivity contribution in [3.63, 3.8) is 0 Å². The second-order valence-electron chi connectivity index (χ2n) is 4.19. The molecular weight excluding hydrogens is 347 g/mol. The van der Waals surface area contributed by atoms with Crippen LogP contribution in [0.15, 0.2) is 50.7 Å². The van der Waals surface area contributed by atoms with Crippen molar-refractivity contribution in [3.8, 4) is 11.7 Å². The number of hydrogen-bond donors (Lipinski definition) is 0. The maximum atomic E-state index is 12.1. The van der Waals surface area contributed by atoms with Gasteiger partial charge in [-0.3, -0.25) is 4.79 Å². The summed E-state index contributed by atoms with van der Waals surface area (Å²) in [5, 5.41) is 8.75. The van der Waals surface area contributed by atoms with Crippen molar-refractivity contribution in [1.29, 1.82) is 0 Å². The second kappa shape index (κ2) is 6.56. The summed E-state index contributed by atoms with van der Waals surface area (Å²) in [6.45, 7) is 0. The third-order valence-corrected chi connectivity index (χ3v) is 4.26. The van der Waals surface area contributed by atoms with E-state index in [1.165, 1.54) is 12.3 Å². The van der Waals surface area contributed by atoms with Crippen LogP contribution in [0, 0.1) is 0 Å². The summed E-state index contributed by atoms with van der Waals surface area (Å²) in [5.74, 6) is 0.795. The Morgan fingerprint density at radius 3 is 2.77 bits per heavy atom. The zero-order chi connectivity index (χ0) is 15.5. The topological polar surface area (TPSA) is 69.1 Å². The molecule has 0 aliphatic heterocycles. The number of carbonyl (C=O) groups is 1. The van der Waals surface area contributed by atoms with E-state index in [-0.39, 0.29) is 17.4 Å². The number of rotatable bonds is 5. The molecule has 0 spiro atoms. The van der Waals surface area contributed by atoms with Crippen LogP contribution < -0.4 is 0 Å². The number of nitrogens with zero attached hydrogens (tertiary/aromatic N) is 2. The smallest absolute Gasteiger partial charge is 0.284 e. The van der Waals surface area contributed by atoms with Gasteiger partial charge in [-0.25, -0.2) is 0 Å². The number of hydrogen-bond acceptors (Lipinski definition) is 6. The van der Waals surface area contributed by atoms with Crippen LogP contribution in [0.3, 0.4) is 0 Å². The molecule has 0 amide bonds. The van der Waals surface area contributed by atoms with Crippen LogP contribution in [0.25, 0.3) is 11.7 Å². The van der Waals surface area contributed by atoms with Crippen LogP contribution in [0.2, 0.25) is 10.0 Å². The highest BCUT2D eigenvalue weighted by molar-refractivity contribution is 7.99. The number of ketones is 1. The predicted octanol–water partition coefficient (Wildman–Crippen LogP) is 4.61. The highest BCUT2D eigenvalue weighted by atomic mass is 35.5. The van der Waals surface area contributed by atoms with Gasteiger partial charge in [0, 0.05) is 5.56 Å². The van der Waals surface area contributed by atoms with E-state index in [4.69, 9.17) is 32.0 Å². The predicted molar refractivity (Wildman–Crippen MR) is 83.5 cm³/mol. The van der Waals surface area contributed by atoms with E-state index in [0.717, 1.165) is 11.8 Å². The standard InChI is InChI=1S/C14H8Cl2N2O3S/c15-9-4-3-8(6-10(9)16)11(19)7-22-14-18-17-13(21-14)12-2-1-5-20-12/h1-6H,7H2. The molecule has 0 aliphatic rings. The SMILES string of the molecule is O=C(CSc1nnc(-c2ccco2)o1)c1ccc(Cl)c(Cl)c1. The van der Waals surface area contributed by atoms with Gasteiger partial charge >= 0.3 is 0 Å². The first-order chi connectivity index (χ1) is 10.6. The van der Waals surface area contributed by atoms with E-state index >= 15 is 0 Å². The molecule has 22 heavy (non-hydrogen) atoms. The minimum atomic E-state index is -0.110. The minimum absolute atomic E-state index is 0.110.